The maximum Gasteiger partial charge on any atom is 0.320 e. The minimum atomic E-state index is -0.811. The third-order valence-corrected chi connectivity index (χ3v) is 14.0. The molecule has 6 fully saturated rings. The van der Waals surface area contributed by atoms with Gasteiger partial charge in [0.1, 0.15) is 11.9 Å². The summed E-state index contributed by atoms with van der Waals surface area (Å²) in [5, 5.41) is 5.99. The Morgan fingerprint density at radius 1 is 0.852 bits per heavy atom. The summed E-state index contributed by atoms with van der Waals surface area (Å²) in [7, 11) is 1.83. The van der Waals surface area contributed by atoms with E-state index in [-0.39, 0.29) is 23.7 Å². The van der Waals surface area contributed by atoms with Crippen LogP contribution in [0.5, 0.6) is 0 Å². The Morgan fingerprint density at radius 3 is 2.30 bits per heavy atom. The average molecular weight is 829 g/mol. The quantitative estimate of drug-likeness (QED) is 0.255. The molecule has 1 aliphatic carbocycles. The van der Waals surface area contributed by atoms with Gasteiger partial charge in [-0.2, -0.15) is 0 Å². The number of hydrogen-bond acceptors (Lipinski definition) is 12. The number of rotatable bonds is 10. The van der Waals surface area contributed by atoms with Gasteiger partial charge >= 0.3 is 6.03 Å². The van der Waals surface area contributed by atoms with Crippen LogP contribution in [0, 0.1) is 17.8 Å². The Balaban J connectivity index is 0.707. The Hall–Kier alpha value is -6.23. The van der Waals surface area contributed by atoms with Gasteiger partial charge in [-0.05, 0) is 85.9 Å². The fourth-order valence-electron chi connectivity index (χ4n) is 10.5. The number of piperazine rings is 1. The molecule has 6 aliphatic heterocycles. The first-order chi connectivity index (χ1) is 29.5. The smallest absolute Gasteiger partial charge is 0.320 e. The molecule has 7 heterocycles. The minimum absolute atomic E-state index is 0.0634. The van der Waals surface area contributed by atoms with Gasteiger partial charge in [-0.15, -0.1) is 0 Å². The van der Waals surface area contributed by atoms with Crippen molar-refractivity contribution in [2.24, 2.45) is 23.5 Å². The number of primary amides is 1. The summed E-state index contributed by atoms with van der Waals surface area (Å²) in [6, 6.07) is 13.0. The molecule has 1 aromatic heterocycles. The van der Waals surface area contributed by atoms with Crippen LogP contribution in [0.3, 0.4) is 0 Å². The van der Waals surface area contributed by atoms with E-state index in [0.29, 0.717) is 65.6 Å². The van der Waals surface area contributed by atoms with Crippen molar-refractivity contribution in [1.82, 2.24) is 34.9 Å². The van der Waals surface area contributed by atoms with Crippen LogP contribution < -0.4 is 31.1 Å². The van der Waals surface area contributed by atoms with E-state index >= 15 is 0 Å². The molecule has 2 aromatic carbocycles. The molecule has 0 radical (unpaired) electrons. The van der Waals surface area contributed by atoms with Crippen LogP contribution >= 0.6 is 0 Å². The van der Waals surface area contributed by atoms with Crippen LogP contribution in [-0.4, -0.2) is 150 Å². The second-order valence-electron chi connectivity index (χ2n) is 17.6. The van der Waals surface area contributed by atoms with Crippen molar-refractivity contribution >= 4 is 58.4 Å². The number of nitrogens with one attached hydrogen (secondary N) is 2. The number of nitrogens with two attached hydrogens (primary N) is 1. The van der Waals surface area contributed by atoms with Gasteiger partial charge in [-0.1, -0.05) is 6.58 Å². The molecule has 5 atom stereocenters. The molecule has 10 rings (SSSR count). The van der Waals surface area contributed by atoms with Crippen LogP contribution in [0.25, 0.3) is 0 Å². The third-order valence-electron chi connectivity index (χ3n) is 14.0. The predicted molar refractivity (Wildman–Crippen MR) is 229 cm³/mol. The normalized spacial score (nSPS) is 26.6. The summed E-state index contributed by atoms with van der Waals surface area (Å²) >= 11 is 0. The number of amides is 6. The van der Waals surface area contributed by atoms with Crippen LogP contribution in [0.1, 0.15) is 56.9 Å². The average Bonchev–Trinajstić information content (AvgIpc) is 3.50. The molecular formula is C44H52N12O5. The van der Waals surface area contributed by atoms with Crippen LogP contribution in [0.2, 0.25) is 0 Å². The Labute approximate surface area is 354 Å². The zero-order chi connectivity index (χ0) is 42.1. The summed E-state index contributed by atoms with van der Waals surface area (Å²) < 4.78 is 0. The first kappa shape index (κ1) is 38.9. The van der Waals surface area contributed by atoms with E-state index in [9.17, 15) is 24.0 Å². The summed E-state index contributed by atoms with van der Waals surface area (Å²) in [4.78, 5) is 87.8. The van der Waals surface area contributed by atoms with E-state index in [0.717, 1.165) is 100 Å². The topological polar surface area (TPSA) is 184 Å². The molecule has 61 heavy (non-hydrogen) atoms. The molecule has 1 saturated carbocycles. The van der Waals surface area contributed by atoms with Gasteiger partial charge < -0.3 is 40.9 Å². The SMILES string of the molecule is C=C1CCC(N2C(=O)c3ccc(N4C[C@@H]5[C@@H](CN6CCN(c7ccc(Nc8nc(N9CCC[C@@H](N%10CCN(C)C%10=O)C9)cnc8C(N)=O)cc7)CC6)[C@@H]5C4)cc3C2=O)C(=O)N1. The first-order valence-corrected chi connectivity index (χ1v) is 21.5. The molecule has 5 saturated heterocycles. The molecule has 1 unspecified atom stereocenters. The molecule has 318 valence electrons. The zero-order valence-corrected chi connectivity index (χ0v) is 34.5. The lowest BCUT2D eigenvalue weighted by atomic mass is 10.0. The highest BCUT2D eigenvalue weighted by Crippen LogP contribution is 2.53. The molecule has 17 nitrogen and oxygen atoms in total. The summed E-state index contributed by atoms with van der Waals surface area (Å²) in [6.07, 6.45) is 4.38. The Kier molecular flexibility index (Phi) is 9.80. The van der Waals surface area contributed by atoms with Gasteiger partial charge in [0.2, 0.25) is 5.91 Å². The van der Waals surface area contributed by atoms with E-state index in [1.807, 2.05) is 36.2 Å². The fraction of sp³-hybridized carbons (Fsp3) is 0.477. The van der Waals surface area contributed by atoms with Crippen molar-refractivity contribution in [2.45, 2.75) is 37.8 Å². The number of nitrogens with zero attached hydrogens (tertiary/aromatic N) is 9. The number of likely N-dealkylation sites (N-methyl/N-ethyl adjacent to an activating group) is 1. The maximum absolute atomic E-state index is 13.4. The molecule has 6 amide bonds. The highest BCUT2D eigenvalue weighted by molar-refractivity contribution is 6.23. The van der Waals surface area contributed by atoms with E-state index in [1.54, 1.807) is 17.2 Å². The minimum Gasteiger partial charge on any atom is -0.371 e. The van der Waals surface area contributed by atoms with Crippen molar-refractivity contribution in [2.75, 3.05) is 99.1 Å². The van der Waals surface area contributed by atoms with E-state index < -0.39 is 23.8 Å². The van der Waals surface area contributed by atoms with Crippen molar-refractivity contribution in [3.63, 3.8) is 0 Å². The largest absolute Gasteiger partial charge is 0.371 e. The van der Waals surface area contributed by atoms with Gasteiger partial charge in [-0.25, -0.2) is 14.8 Å². The number of imide groups is 1. The number of urea groups is 1. The highest BCUT2D eigenvalue weighted by atomic mass is 16.2. The lowest BCUT2D eigenvalue weighted by Crippen LogP contribution is -2.51. The third kappa shape index (κ3) is 7.17. The summed E-state index contributed by atoms with van der Waals surface area (Å²) in [6.45, 7) is 13.4. The molecule has 0 spiro atoms. The van der Waals surface area contributed by atoms with E-state index in [1.165, 1.54) is 0 Å². The first-order valence-electron chi connectivity index (χ1n) is 21.5. The number of anilines is 5. The Morgan fingerprint density at radius 2 is 1.59 bits per heavy atom. The van der Waals surface area contributed by atoms with Crippen LogP contribution in [-0.2, 0) is 4.79 Å². The Bertz CT molecular complexity index is 2300. The highest BCUT2D eigenvalue weighted by Gasteiger charge is 2.56. The fourth-order valence-corrected chi connectivity index (χ4v) is 10.5. The molecule has 7 aliphatic rings. The number of hydrogen-bond donors (Lipinski definition) is 3. The lowest BCUT2D eigenvalue weighted by molar-refractivity contribution is -0.125. The summed E-state index contributed by atoms with van der Waals surface area (Å²) in [5.41, 5.74) is 10.0. The predicted octanol–water partition coefficient (Wildman–Crippen LogP) is 2.55. The molecule has 3 aromatic rings. The van der Waals surface area contributed by atoms with Gasteiger partial charge in [0.05, 0.1) is 23.4 Å². The molecule has 0 bridgehead atoms. The van der Waals surface area contributed by atoms with Crippen LogP contribution in [0.4, 0.5) is 33.5 Å². The van der Waals surface area contributed by atoms with Gasteiger partial charge in [-0.3, -0.25) is 29.0 Å². The number of fused-ring (bicyclic) bond motifs is 2. The number of allylic oxidation sites excluding steroid dienone is 1. The van der Waals surface area contributed by atoms with Gasteiger partial charge in [0, 0.05) is 102 Å². The van der Waals surface area contributed by atoms with Crippen molar-refractivity contribution in [3.05, 3.63) is 77.8 Å². The van der Waals surface area contributed by atoms with Crippen molar-refractivity contribution < 1.29 is 24.0 Å². The number of aromatic nitrogens is 2. The zero-order valence-electron chi connectivity index (χ0n) is 34.5. The standard InChI is InChI=1S/C44H52N12O5/c1-26-5-12-36(41(58)47-26)56-42(59)31-11-10-29(20-32(31)43(56)60)54-24-34-33(35(34)25-54)23-51-15-17-52(18-16-51)28-8-6-27(7-9-28)48-40-38(39(45)57)46-21-37(49-40)53-13-3-4-30(22-53)55-19-14-50(2)44(55)61/h6-11,20-21,30,33-36H,1,3-5,12-19,22-25H2,2H3,(H2,45,57)(H,47,58)(H,48,49)/t30-,33-,34-,35+,36?/m1/s1. The number of carbonyl (C=O) groups is 5. The van der Waals surface area contributed by atoms with Crippen molar-refractivity contribution in [1.29, 1.82) is 0 Å². The van der Waals surface area contributed by atoms with Gasteiger partial charge in [0.25, 0.3) is 17.7 Å². The van der Waals surface area contributed by atoms with Crippen LogP contribution in [0.15, 0.2) is 60.9 Å². The van der Waals surface area contributed by atoms with Crippen molar-refractivity contribution in [3.8, 4) is 0 Å². The second kappa shape index (κ2) is 15.3. The molecule has 17 heteroatoms. The number of piperidine rings is 3. The maximum atomic E-state index is 13.4. The number of benzene rings is 2. The summed E-state index contributed by atoms with van der Waals surface area (Å²) in [5.74, 6) is 1.01. The second-order valence-corrected chi connectivity index (χ2v) is 17.6. The lowest BCUT2D eigenvalue weighted by Gasteiger charge is -2.37. The van der Waals surface area contributed by atoms with Gasteiger partial charge in [0.15, 0.2) is 11.5 Å². The molecular weight excluding hydrogens is 777 g/mol. The molecule has 4 N–H and O–H groups in total. The number of carbonyl (C=O) groups excluding carboxylic acids is 5. The monoisotopic (exact) mass is 828 g/mol. The van der Waals surface area contributed by atoms with E-state index in [4.69, 9.17) is 10.7 Å². The van der Waals surface area contributed by atoms with E-state index in [2.05, 4.69) is 53.9 Å².